The minimum atomic E-state index is -0.0221. The van der Waals surface area contributed by atoms with Crippen LogP contribution in [0.5, 0.6) is 0 Å². The summed E-state index contributed by atoms with van der Waals surface area (Å²) in [5.41, 5.74) is 10.1. The maximum atomic E-state index is 12.9. The molecule has 4 rings (SSSR count). The van der Waals surface area contributed by atoms with Gasteiger partial charge in [-0.1, -0.05) is 0 Å². The number of anilines is 1. The summed E-state index contributed by atoms with van der Waals surface area (Å²) < 4.78 is 0. The number of hydrogen-bond donors (Lipinski definition) is 2. The zero-order chi connectivity index (χ0) is 18.8. The fourth-order valence-corrected chi connectivity index (χ4v) is 4.12. The van der Waals surface area contributed by atoms with Gasteiger partial charge in [0.25, 0.3) is 5.91 Å². The standard InChI is InChI=1S/C20H22N6O/c21-10-15-18(14-2-1-6-24-11-14)16-12-26(9-5-17(16)25-19(15)22)20(27)13-3-7-23-8-4-13/h3-4,7-8,14,24H,1-2,5-6,9,11-12H2,(H2,22,25)/t14-/m1/s1. The van der Waals surface area contributed by atoms with E-state index in [2.05, 4.69) is 21.4 Å². The number of rotatable bonds is 2. The highest BCUT2D eigenvalue weighted by Crippen LogP contribution is 2.35. The van der Waals surface area contributed by atoms with Gasteiger partial charge in [0, 0.05) is 49.7 Å². The van der Waals surface area contributed by atoms with Crippen LogP contribution in [0.25, 0.3) is 0 Å². The molecule has 2 aromatic heterocycles. The Hall–Kier alpha value is -2.98. The van der Waals surface area contributed by atoms with Gasteiger partial charge < -0.3 is 16.0 Å². The van der Waals surface area contributed by atoms with Crippen LogP contribution in [0.3, 0.4) is 0 Å². The molecule has 2 aliphatic rings. The van der Waals surface area contributed by atoms with Crippen LogP contribution in [-0.4, -0.2) is 40.4 Å². The Morgan fingerprint density at radius 1 is 1.37 bits per heavy atom. The number of nitrogens with one attached hydrogen (secondary N) is 1. The average molecular weight is 362 g/mol. The Morgan fingerprint density at radius 2 is 2.19 bits per heavy atom. The highest BCUT2D eigenvalue weighted by molar-refractivity contribution is 5.94. The van der Waals surface area contributed by atoms with E-state index in [4.69, 9.17) is 5.73 Å². The van der Waals surface area contributed by atoms with Gasteiger partial charge in [0.2, 0.25) is 0 Å². The minimum Gasteiger partial charge on any atom is -0.383 e. The summed E-state index contributed by atoms with van der Waals surface area (Å²) in [5, 5.41) is 13.1. The number of nitriles is 1. The van der Waals surface area contributed by atoms with Gasteiger partial charge in [-0.25, -0.2) is 4.98 Å². The van der Waals surface area contributed by atoms with Gasteiger partial charge in [0.15, 0.2) is 0 Å². The van der Waals surface area contributed by atoms with Crippen LogP contribution < -0.4 is 11.1 Å². The number of nitrogens with two attached hydrogens (primary N) is 1. The molecule has 4 heterocycles. The molecule has 7 heteroatoms. The van der Waals surface area contributed by atoms with Crippen molar-refractivity contribution in [2.24, 2.45) is 0 Å². The molecular formula is C20H22N6O. The van der Waals surface area contributed by atoms with Crippen molar-refractivity contribution in [2.45, 2.75) is 31.7 Å². The number of aromatic nitrogens is 2. The van der Waals surface area contributed by atoms with E-state index in [9.17, 15) is 10.1 Å². The van der Waals surface area contributed by atoms with Crippen molar-refractivity contribution in [1.82, 2.24) is 20.2 Å². The number of carbonyl (C=O) groups excluding carboxylic acids is 1. The summed E-state index contributed by atoms with van der Waals surface area (Å²) in [6.07, 6.45) is 5.97. The number of piperidine rings is 1. The molecule has 0 unspecified atom stereocenters. The lowest BCUT2D eigenvalue weighted by Gasteiger charge is -2.33. The van der Waals surface area contributed by atoms with E-state index in [1.54, 1.807) is 24.5 Å². The first kappa shape index (κ1) is 17.4. The molecule has 3 N–H and O–H groups in total. The molecule has 0 aliphatic carbocycles. The summed E-state index contributed by atoms with van der Waals surface area (Å²) in [6, 6.07) is 5.72. The van der Waals surface area contributed by atoms with E-state index in [0.717, 1.165) is 42.8 Å². The second kappa shape index (κ2) is 7.33. The number of hydrogen-bond acceptors (Lipinski definition) is 6. The minimum absolute atomic E-state index is 0.0221. The zero-order valence-corrected chi connectivity index (χ0v) is 15.1. The topological polar surface area (TPSA) is 108 Å². The molecule has 2 aromatic rings. The summed E-state index contributed by atoms with van der Waals surface area (Å²) in [5.74, 6) is 0.514. The van der Waals surface area contributed by atoms with Crippen molar-refractivity contribution in [1.29, 1.82) is 5.26 Å². The lowest BCUT2D eigenvalue weighted by Crippen LogP contribution is -2.38. The second-order valence-corrected chi connectivity index (χ2v) is 7.08. The highest BCUT2D eigenvalue weighted by atomic mass is 16.2. The highest BCUT2D eigenvalue weighted by Gasteiger charge is 2.31. The van der Waals surface area contributed by atoms with Crippen LogP contribution in [-0.2, 0) is 13.0 Å². The number of nitrogens with zero attached hydrogens (tertiary/aromatic N) is 4. The smallest absolute Gasteiger partial charge is 0.254 e. The van der Waals surface area contributed by atoms with Gasteiger partial charge in [0.05, 0.1) is 5.56 Å². The average Bonchev–Trinajstić information content (AvgIpc) is 2.73. The summed E-state index contributed by atoms with van der Waals surface area (Å²) in [7, 11) is 0. The molecule has 7 nitrogen and oxygen atoms in total. The van der Waals surface area contributed by atoms with E-state index in [-0.39, 0.29) is 11.8 Å². The molecule has 1 atom stereocenters. The Balaban J connectivity index is 1.73. The van der Waals surface area contributed by atoms with Gasteiger partial charge in [-0.2, -0.15) is 5.26 Å². The Labute approximate surface area is 158 Å². The van der Waals surface area contributed by atoms with Crippen molar-refractivity contribution in [3.63, 3.8) is 0 Å². The van der Waals surface area contributed by atoms with E-state index in [0.29, 0.717) is 36.5 Å². The van der Waals surface area contributed by atoms with E-state index in [1.165, 1.54) is 0 Å². The van der Waals surface area contributed by atoms with Crippen LogP contribution in [0.1, 0.15) is 51.5 Å². The van der Waals surface area contributed by atoms with Gasteiger partial charge in [-0.15, -0.1) is 0 Å². The molecule has 0 saturated carbocycles. The van der Waals surface area contributed by atoms with E-state index < -0.39 is 0 Å². The van der Waals surface area contributed by atoms with Crippen molar-refractivity contribution in [3.8, 4) is 6.07 Å². The number of nitrogen functional groups attached to an aromatic ring is 1. The molecule has 0 radical (unpaired) electrons. The van der Waals surface area contributed by atoms with Crippen LogP contribution in [0.15, 0.2) is 24.5 Å². The molecular weight excluding hydrogens is 340 g/mol. The first-order chi connectivity index (χ1) is 13.2. The van der Waals surface area contributed by atoms with Crippen LogP contribution >= 0.6 is 0 Å². The molecule has 1 fully saturated rings. The lowest BCUT2D eigenvalue weighted by atomic mass is 9.83. The molecule has 0 spiro atoms. The van der Waals surface area contributed by atoms with Crippen molar-refractivity contribution in [2.75, 3.05) is 25.4 Å². The van der Waals surface area contributed by atoms with Crippen molar-refractivity contribution >= 4 is 11.7 Å². The van der Waals surface area contributed by atoms with Crippen molar-refractivity contribution < 1.29 is 4.79 Å². The van der Waals surface area contributed by atoms with Gasteiger partial charge in [-0.3, -0.25) is 9.78 Å². The number of amides is 1. The first-order valence-corrected chi connectivity index (χ1v) is 9.30. The van der Waals surface area contributed by atoms with Crippen LogP contribution in [0.2, 0.25) is 0 Å². The Kier molecular flexibility index (Phi) is 4.73. The maximum absolute atomic E-state index is 12.9. The third-order valence-electron chi connectivity index (χ3n) is 5.45. The quantitative estimate of drug-likeness (QED) is 0.840. The zero-order valence-electron chi connectivity index (χ0n) is 15.1. The summed E-state index contributed by atoms with van der Waals surface area (Å²) in [6.45, 7) is 2.87. The number of fused-ring (bicyclic) bond motifs is 1. The van der Waals surface area contributed by atoms with E-state index >= 15 is 0 Å². The third-order valence-corrected chi connectivity index (χ3v) is 5.45. The van der Waals surface area contributed by atoms with E-state index in [1.807, 2.05) is 4.90 Å². The predicted molar refractivity (Wildman–Crippen MR) is 101 cm³/mol. The largest absolute Gasteiger partial charge is 0.383 e. The maximum Gasteiger partial charge on any atom is 0.254 e. The van der Waals surface area contributed by atoms with Crippen molar-refractivity contribution in [3.05, 3.63) is 52.5 Å². The SMILES string of the molecule is N#Cc1c(N)nc2c(c1[C@@H]1CCCNC1)CN(C(=O)c1ccncc1)CC2. The fourth-order valence-electron chi connectivity index (χ4n) is 4.12. The second-order valence-electron chi connectivity index (χ2n) is 7.08. The summed E-state index contributed by atoms with van der Waals surface area (Å²) in [4.78, 5) is 23.2. The molecule has 1 amide bonds. The van der Waals surface area contributed by atoms with Crippen LogP contribution in [0.4, 0.5) is 5.82 Å². The normalized spacial score (nSPS) is 19.2. The lowest BCUT2D eigenvalue weighted by molar-refractivity contribution is 0.0732. The first-order valence-electron chi connectivity index (χ1n) is 9.30. The fraction of sp³-hybridized carbons (Fsp3) is 0.400. The molecule has 138 valence electrons. The number of carbonyl (C=O) groups is 1. The molecule has 1 saturated heterocycles. The predicted octanol–water partition coefficient (Wildman–Crippen LogP) is 1.60. The monoisotopic (exact) mass is 362 g/mol. The molecule has 2 aliphatic heterocycles. The van der Waals surface area contributed by atoms with Gasteiger partial charge >= 0.3 is 0 Å². The van der Waals surface area contributed by atoms with Crippen LogP contribution in [0, 0.1) is 11.3 Å². The number of pyridine rings is 2. The molecule has 0 bridgehead atoms. The Bertz CT molecular complexity index is 899. The molecule has 27 heavy (non-hydrogen) atoms. The summed E-state index contributed by atoms with van der Waals surface area (Å²) >= 11 is 0. The van der Waals surface area contributed by atoms with Gasteiger partial charge in [-0.05, 0) is 48.6 Å². The Morgan fingerprint density at radius 3 is 2.89 bits per heavy atom. The third kappa shape index (κ3) is 3.24. The van der Waals surface area contributed by atoms with Gasteiger partial charge in [0.1, 0.15) is 11.9 Å². The molecule has 0 aromatic carbocycles.